The van der Waals surface area contributed by atoms with Crippen LogP contribution in [0.1, 0.15) is 36.6 Å². The van der Waals surface area contributed by atoms with Gasteiger partial charge in [0.25, 0.3) is 5.56 Å². The molecule has 0 fully saturated rings. The molecule has 1 aromatic heterocycles. The number of hydrogen-bond donors (Lipinski definition) is 0. The molecular weight excluding hydrogens is 577 g/mol. The second-order valence-electron chi connectivity index (χ2n) is 10.1. The summed E-state index contributed by atoms with van der Waals surface area (Å²) < 4.78 is 13.6. The first-order valence-electron chi connectivity index (χ1n) is 14.0. The summed E-state index contributed by atoms with van der Waals surface area (Å²) in [6.45, 7) is 4.26. The first-order valence-corrected chi connectivity index (χ1v) is 16.0. The highest BCUT2D eigenvalue weighted by Crippen LogP contribution is 2.31. The van der Waals surface area contributed by atoms with Gasteiger partial charge in [-0.15, -0.1) is 11.8 Å². The van der Waals surface area contributed by atoms with Crippen LogP contribution in [-0.4, -0.2) is 23.4 Å². The molecule has 1 aliphatic rings. The van der Waals surface area contributed by atoms with E-state index >= 15 is 0 Å². The number of aromatic nitrogens is 1. The number of hydrogen-bond acceptors (Lipinski definition) is 7. The van der Waals surface area contributed by atoms with Crippen LogP contribution in [-0.2, 0) is 16.1 Å². The molecule has 0 saturated carbocycles. The fourth-order valence-electron chi connectivity index (χ4n) is 5.28. The van der Waals surface area contributed by atoms with E-state index in [0.717, 1.165) is 27.3 Å². The molecule has 0 saturated heterocycles. The minimum absolute atomic E-state index is 0.201. The van der Waals surface area contributed by atoms with Crippen LogP contribution in [0.2, 0.25) is 0 Å². The van der Waals surface area contributed by atoms with Gasteiger partial charge in [-0.2, -0.15) is 0 Å². The number of benzene rings is 4. The van der Waals surface area contributed by atoms with Crippen molar-refractivity contribution in [3.05, 3.63) is 139 Å². The molecule has 0 N–H and O–H groups in total. The molecule has 1 atom stereocenters. The SMILES string of the molecule is CCOC(=O)C1=C(C)N=c2sc(=Cc3ccc(OCc4cccc5ccccc45)cc3)c(=O)n2C1c1ccc(SC)cc1. The molecule has 43 heavy (non-hydrogen) atoms. The lowest BCUT2D eigenvalue weighted by Crippen LogP contribution is -2.39. The third-order valence-electron chi connectivity index (χ3n) is 7.40. The highest BCUT2D eigenvalue weighted by Gasteiger charge is 2.33. The van der Waals surface area contributed by atoms with Crippen molar-refractivity contribution in [1.82, 2.24) is 4.57 Å². The van der Waals surface area contributed by atoms with Crippen LogP contribution in [0.4, 0.5) is 0 Å². The van der Waals surface area contributed by atoms with Gasteiger partial charge in [0.2, 0.25) is 0 Å². The van der Waals surface area contributed by atoms with Crippen LogP contribution >= 0.6 is 23.1 Å². The summed E-state index contributed by atoms with van der Waals surface area (Å²) in [6, 6.07) is 29.5. The van der Waals surface area contributed by atoms with Crippen LogP contribution in [0, 0.1) is 0 Å². The number of ether oxygens (including phenoxy) is 2. The summed E-state index contributed by atoms with van der Waals surface area (Å²) >= 11 is 2.95. The largest absolute Gasteiger partial charge is 0.489 e. The van der Waals surface area contributed by atoms with Gasteiger partial charge < -0.3 is 9.47 Å². The van der Waals surface area contributed by atoms with Gasteiger partial charge in [-0.1, -0.05) is 78.1 Å². The van der Waals surface area contributed by atoms with Crippen LogP contribution in [0.5, 0.6) is 5.75 Å². The third-order valence-corrected chi connectivity index (χ3v) is 9.13. The topological polar surface area (TPSA) is 69.9 Å². The number of esters is 1. The van der Waals surface area contributed by atoms with Crippen molar-refractivity contribution in [3.8, 4) is 5.75 Å². The normalized spacial score (nSPS) is 14.9. The molecule has 8 heteroatoms. The van der Waals surface area contributed by atoms with Crippen LogP contribution < -0.4 is 19.6 Å². The highest BCUT2D eigenvalue weighted by molar-refractivity contribution is 7.98. The van der Waals surface area contributed by atoms with E-state index in [2.05, 4.69) is 29.3 Å². The van der Waals surface area contributed by atoms with Crippen molar-refractivity contribution in [1.29, 1.82) is 0 Å². The number of nitrogens with zero attached hydrogens (tertiary/aromatic N) is 2. The van der Waals surface area contributed by atoms with E-state index in [-0.39, 0.29) is 12.2 Å². The Morgan fingerprint density at radius 3 is 2.49 bits per heavy atom. The van der Waals surface area contributed by atoms with Gasteiger partial charge in [-0.05, 0) is 77.9 Å². The van der Waals surface area contributed by atoms with Gasteiger partial charge in [0.15, 0.2) is 4.80 Å². The van der Waals surface area contributed by atoms with Crippen molar-refractivity contribution >= 4 is 45.9 Å². The van der Waals surface area contributed by atoms with E-state index in [1.165, 1.54) is 22.1 Å². The zero-order valence-electron chi connectivity index (χ0n) is 24.1. The van der Waals surface area contributed by atoms with E-state index < -0.39 is 12.0 Å². The monoisotopic (exact) mass is 606 g/mol. The molecule has 6 nitrogen and oxygen atoms in total. The first kappa shape index (κ1) is 28.7. The van der Waals surface area contributed by atoms with Crippen LogP contribution in [0.25, 0.3) is 16.8 Å². The predicted octanol–water partition coefficient (Wildman–Crippen LogP) is 6.25. The molecule has 1 aliphatic heterocycles. The van der Waals surface area contributed by atoms with E-state index in [1.807, 2.05) is 79.1 Å². The van der Waals surface area contributed by atoms with E-state index in [0.29, 0.717) is 27.2 Å². The zero-order chi connectivity index (χ0) is 29.9. The van der Waals surface area contributed by atoms with Crippen molar-refractivity contribution in [2.45, 2.75) is 31.4 Å². The van der Waals surface area contributed by atoms with Gasteiger partial charge in [0, 0.05) is 4.90 Å². The Balaban J connectivity index is 1.31. The van der Waals surface area contributed by atoms with Crippen molar-refractivity contribution in [3.63, 3.8) is 0 Å². The lowest BCUT2D eigenvalue weighted by molar-refractivity contribution is -0.139. The molecule has 4 aromatic carbocycles. The number of thioether (sulfide) groups is 1. The Kier molecular flexibility index (Phi) is 8.31. The fourth-order valence-corrected chi connectivity index (χ4v) is 6.74. The smallest absolute Gasteiger partial charge is 0.338 e. The van der Waals surface area contributed by atoms with Gasteiger partial charge in [0.05, 0.1) is 28.5 Å². The molecule has 0 bridgehead atoms. The highest BCUT2D eigenvalue weighted by atomic mass is 32.2. The Labute approximate surface area is 257 Å². The lowest BCUT2D eigenvalue weighted by Gasteiger charge is -2.24. The van der Waals surface area contributed by atoms with Crippen molar-refractivity contribution in [2.75, 3.05) is 12.9 Å². The fraction of sp³-hybridized carbons (Fsp3) is 0.171. The van der Waals surface area contributed by atoms with Gasteiger partial charge in [-0.3, -0.25) is 9.36 Å². The second kappa shape index (κ2) is 12.5. The van der Waals surface area contributed by atoms with Gasteiger partial charge in [-0.25, -0.2) is 9.79 Å². The summed E-state index contributed by atoms with van der Waals surface area (Å²) in [5, 5.41) is 2.36. The molecule has 216 valence electrons. The lowest BCUT2D eigenvalue weighted by atomic mass is 9.96. The first-order chi connectivity index (χ1) is 21.0. The molecule has 1 unspecified atom stereocenters. The number of allylic oxidation sites excluding steroid dienone is 1. The van der Waals surface area contributed by atoms with E-state index in [1.54, 1.807) is 30.2 Å². The summed E-state index contributed by atoms with van der Waals surface area (Å²) in [4.78, 5) is 33.3. The molecule has 0 amide bonds. The maximum atomic E-state index is 13.9. The van der Waals surface area contributed by atoms with E-state index in [4.69, 9.17) is 9.47 Å². The third kappa shape index (κ3) is 5.81. The summed E-state index contributed by atoms with van der Waals surface area (Å²) in [7, 11) is 0. The number of thiazole rings is 1. The standard InChI is InChI=1S/C35H30N2O4S2/c1-4-40-34(39)31-22(2)36-35-37(32(31)25-14-18-28(42-3)19-15-25)33(38)30(43-35)20-23-12-16-27(17-13-23)41-21-26-10-7-9-24-8-5-6-11-29(24)26/h5-20,32H,4,21H2,1-3H3. The quantitative estimate of drug-likeness (QED) is 0.154. The Hall–Kier alpha value is -4.40. The zero-order valence-corrected chi connectivity index (χ0v) is 25.7. The average Bonchev–Trinajstić information content (AvgIpc) is 3.33. The summed E-state index contributed by atoms with van der Waals surface area (Å²) in [6.07, 6.45) is 3.87. The molecule has 0 aliphatic carbocycles. The molecule has 0 radical (unpaired) electrons. The number of fused-ring (bicyclic) bond motifs is 2. The average molecular weight is 607 g/mol. The van der Waals surface area contributed by atoms with Crippen molar-refractivity contribution in [2.24, 2.45) is 4.99 Å². The molecule has 0 spiro atoms. The maximum Gasteiger partial charge on any atom is 0.338 e. The van der Waals surface area contributed by atoms with Gasteiger partial charge >= 0.3 is 5.97 Å². The molecule has 2 heterocycles. The number of carbonyl (C=O) groups is 1. The van der Waals surface area contributed by atoms with Crippen LogP contribution in [0.15, 0.2) is 117 Å². The molecular formula is C35H30N2O4S2. The van der Waals surface area contributed by atoms with E-state index in [9.17, 15) is 9.59 Å². The predicted molar refractivity (Wildman–Crippen MR) is 173 cm³/mol. The molecule has 5 aromatic rings. The van der Waals surface area contributed by atoms with Gasteiger partial charge in [0.1, 0.15) is 12.4 Å². The summed E-state index contributed by atoms with van der Waals surface area (Å²) in [5.41, 5.74) is 3.55. The molecule has 6 rings (SSSR count). The Morgan fingerprint density at radius 2 is 1.74 bits per heavy atom. The van der Waals surface area contributed by atoms with Crippen LogP contribution in [0.3, 0.4) is 0 Å². The Morgan fingerprint density at radius 1 is 1.00 bits per heavy atom. The Bertz CT molecular complexity index is 2020. The minimum atomic E-state index is -0.627. The maximum absolute atomic E-state index is 13.9. The number of rotatable bonds is 8. The minimum Gasteiger partial charge on any atom is -0.489 e. The second-order valence-corrected chi connectivity index (χ2v) is 12.0. The summed E-state index contributed by atoms with van der Waals surface area (Å²) in [5.74, 6) is 0.283. The number of carbonyl (C=O) groups excluding carboxylic acids is 1. The van der Waals surface area contributed by atoms with Crippen molar-refractivity contribution < 1.29 is 14.3 Å².